The molecule has 2 heterocycles. The van der Waals surface area contributed by atoms with Crippen LogP contribution in [0.5, 0.6) is 0 Å². The topological polar surface area (TPSA) is 49.2 Å². The molecule has 3 rings (SSSR count). The summed E-state index contributed by atoms with van der Waals surface area (Å²) in [5.41, 5.74) is 0.181. The van der Waals surface area contributed by atoms with Crippen LogP contribution in [-0.2, 0) is 12.0 Å². The second-order valence-corrected chi connectivity index (χ2v) is 6.03. The van der Waals surface area contributed by atoms with Crippen LogP contribution in [0.1, 0.15) is 24.1 Å². The summed E-state index contributed by atoms with van der Waals surface area (Å²) < 4.78 is 37.0. The fraction of sp³-hybridized carbons (Fsp3) is 0.412. The van der Waals surface area contributed by atoms with E-state index in [4.69, 9.17) is 0 Å². The summed E-state index contributed by atoms with van der Waals surface area (Å²) in [5.74, 6) is 0.363. The number of halogens is 3. The number of aryl methyl sites for hydroxylation is 1. The van der Waals surface area contributed by atoms with Gasteiger partial charge in [0.1, 0.15) is 5.60 Å². The van der Waals surface area contributed by atoms with Crippen molar-refractivity contribution in [1.29, 1.82) is 0 Å². The Morgan fingerprint density at radius 1 is 1.17 bits per heavy atom. The Hall–Kier alpha value is -2.15. The maximum absolute atomic E-state index is 12.3. The second kappa shape index (κ2) is 6.39. The quantitative estimate of drug-likeness (QED) is 0.932. The van der Waals surface area contributed by atoms with Crippen LogP contribution in [0.4, 0.5) is 19.1 Å². The van der Waals surface area contributed by atoms with E-state index in [1.165, 1.54) is 12.3 Å². The van der Waals surface area contributed by atoms with Crippen molar-refractivity contribution in [3.05, 3.63) is 53.9 Å². The molecule has 7 heteroatoms. The number of hydrogen-bond acceptors (Lipinski definition) is 4. The lowest BCUT2D eigenvalue weighted by Gasteiger charge is -2.24. The van der Waals surface area contributed by atoms with Crippen LogP contribution < -0.4 is 4.90 Å². The maximum atomic E-state index is 12.3. The Kier molecular flexibility index (Phi) is 4.45. The second-order valence-electron chi connectivity index (χ2n) is 6.03. The first kappa shape index (κ1) is 16.7. The molecule has 0 aliphatic carbocycles. The minimum Gasteiger partial charge on any atom is -0.383 e. The van der Waals surface area contributed by atoms with E-state index in [0.717, 1.165) is 5.56 Å². The van der Waals surface area contributed by atoms with E-state index in [9.17, 15) is 18.3 Å². The molecule has 1 aliphatic heterocycles. The zero-order valence-corrected chi connectivity index (χ0v) is 13.0. The number of benzene rings is 1. The van der Waals surface area contributed by atoms with Gasteiger partial charge in [0.25, 0.3) is 0 Å². The molecule has 4 nitrogen and oxygen atoms in total. The van der Waals surface area contributed by atoms with Gasteiger partial charge < -0.3 is 10.0 Å². The molecule has 1 aliphatic rings. The van der Waals surface area contributed by atoms with Gasteiger partial charge in [0.2, 0.25) is 5.95 Å². The van der Waals surface area contributed by atoms with Crippen LogP contribution in [0.25, 0.3) is 0 Å². The van der Waals surface area contributed by atoms with E-state index < -0.39 is 18.2 Å². The highest BCUT2D eigenvalue weighted by Gasteiger charge is 2.38. The number of anilines is 1. The minimum atomic E-state index is -4.20. The predicted octanol–water partition coefficient (Wildman–Crippen LogP) is 3.07. The van der Waals surface area contributed by atoms with Crippen molar-refractivity contribution in [2.24, 2.45) is 0 Å². The van der Waals surface area contributed by atoms with Crippen LogP contribution in [0, 0.1) is 0 Å². The molecular weight excluding hydrogens is 319 g/mol. The molecule has 1 fully saturated rings. The molecule has 1 atom stereocenters. The minimum absolute atomic E-state index is 0.171. The summed E-state index contributed by atoms with van der Waals surface area (Å²) in [5, 5.41) is 10.8. The fourth-order valence-corrected chi connectivity index (χ4v) is 2.89. The standard InChI is InChI=1S/C17H18F3N3O/c18-17(19,20)8-6-14-7-10-21-15(22-14)23-11-9-16(24,12-23)13-4-2-1-3-5-13/h1-5,7,10,24H,6,8-9,11-12H2/t16-/m0/s1. The first-order valence-corrected chi connectivity index (χ1v) is 7.77. The van der Waals surface area contributed by atoms with Gasteiger partial charge in [-0.25, -0.2) is 9.97 Å². The molecule has 24 heavy (non-hydrogen) atoms. The fourth-order valence-electron chi connectivity index (χ4n) is 2.89. The van der Waals surface area contributed by atoms with Gasteiger partial charge >= 0.3 is 6.18 Å². The number of rotatable bonds is 4. The molecule has 128 valence electrons. The Morgan fingerprint density at radius 2 is 1.92 bits per heavy atom. The largest absolute Gasteiger partial charge is 0.389 e. The summed E-state index contributed by atoms with van der Waals surface area (Å²) >= 11 is 0. The van der Waals surface area contributed by atoms with Gasteiger partial charge in [-0.15, -0.1) is 0 Å². The van der Waals surface area contributed by atoms with Gasteiger partial charge in [-0.2, -0.15) is 13.2 Å². The van der Waals surface area contributed by atoms with Crippen molar-refractivity contribution >= 4 is 5.95 Å². The third-order valence-corrected chi connectivity index (χ3v) is 4.21. The third kappa shape index (κ3) is 3.84. The third-order valence-electron chi connectivity index (χ3n) is 4.21. The van der Waals surface area contributed by atoms with Gasteiger partial charge in [-0.3, -0.25) is 0 Å². The maximum Gasteiger partial charge on any atom is 0.389 e. The highest BCUT2D eigenvalue weighted by atomic mass is 19.4. The number of alkyl halides is 3. The summed E-state index contributed by atoms with van der Waals surface area (Å²) in [6.45, 7) is 0.869. The Morgan fingerprint density at radius 3 is 2.62 bits per heavy atom. The highest BCUT2D eigenvalue weighted by Crippen LogP contribution is 2.33. The summed E-state index contributed by atoms with van der Waals surface area (Å²) in [4.78, 5) is 10.2. The van der Waals surface area contributed by atoms with Crippen LogP contribution in [0.3, 0.4) is 0 Å². The van der Waals surface area contributed by atoms with Gasteiger partial charge in [-0.1, -0.05) is 30.3 Å². The van der Waals surface area contributed by atoms with Crippen molar-refractivity contribution < 1.29 is 18.3 Å². The average Bonchev–Trinajstić information content (AvgIpc) is 2.97. The lowest BCUT2D eigenvalue weighted by molar-refractivity contribution is -0.134. The van der Waals surface area contributed by atoms with E-state index in [0.29, 0.717) is 31.2 Å². The van der Waals surface area contributed by atoms with E-state index in [1.807, 2.05) is 35.2 Å². The van der Waals surface area contributed by atoms with E-state index in [-0.39, 0.29) is 6.42 Å². The number of aliphatic hydroxyl groups is 1. The lowest BCUT2D eigenvalue weighted by atomic mass is 9.93. The Bertz CT molecular complexity index is 693. The highest BCUT2D eigenvalue weighted by molar-refractivity contribution is 5.37. The molecule has 1 aromatic heterocycles. The summed E-state index contributed by atoms with van der Waals surface area (Å²) in [6.07, 6.45) is -3.29. The molecule has 0 radical (unpaired) electrons. The smallest absolute Gasteiger partial charge is 0.383 e. The summed E-state index contributed by atoms with van der Waals surface area (Å²) in [7, 11) is 0. The van der Waals surface area contributed by atoms with Crippen molar-refractivity contribution in [3.63, 3.8) is 0 Å². The molecule has 0 spiro atoms. The van der Waals surface area contributed by atoms with E-state index in [1.54, 1.807) is 0 Å². The molecule has 2 aromatic rings. The number of nitrogens with zero attached hydrogens (tertiary/aromatic N) is 3. The van der Waals surface area contributed by atoms with Crippen molar-refractivity contribution in [1.82, 2.24) is 9.97 Å². The van der Waals surface area contributed by atoms with E-state index in [2.05, 4.69) is 9.97 Å². The van der Waals surface area contributed by atoms with Crippen LogP contribution in [0.15, 0.2) is 42.6 Å². The SMILES string of the molecule is O[C@@]1(c2ccccc2)CCN(c2nccc(CCC(F)(F)F)n2)C1. The van der Waals surface area contributed by atoms with Gasteiger partial charge in [0.15, 0.2) is 0 Å². The van der Waals surface area contributed by atoms with Crippen LogP contribution >= 0.6 is 0 Å². The molecule has 0 amide bonds. The lowest BCUT2D eigenvalue weighted by Crippen LogP contribution is -2.31. The Labute approximate surface area is 138 Å². The van der Waals surface area contributed by atoms with Gasteiger partial charge in [0, 0.05) is 24.9 Å². The zero-order valence-electron chi connectivity index (χ0n) is 13.0. The van der Waals surface area contributed by atoms with Gasteiger partial charge in [-0.05, 0) is 24.5 Å². The molecule has 1 saturated heterocycles. The molecule has 0 saturated carbocycles. The molecule has 0 bridgehead atoms. The molecule has 1 N–H and O–H groups in total. The molecular formula is C17H18F3N3O. The van der Waals surface area contributed by atoms with Crippen molar-refractivity contribution in [2.45, 2.75) is 31.0 Å². The van der Waals surface area contributed by atoms with Crippen molar-refractivity contribution in [3.8, 4) is 0 Å². The van der Waals surface area contributed by atoms with Gasteiger partial charge in [0.05, 0.1) is 6.54 Å². The first-order chi connectivity index (χ1) is 11.4. The Balaban J connectivity index is 1.72. The van der Waals surface area contributed by atoms with Crippen LogP contribution in [0.2, 0.25) is 0 Å². The average molecular weight is 337 g/mol. The first-order valence-electron chi connectivity index (χ1n) is 7.77. The van der Waals surface area contributed by atoms with E-state index >= 15 is 0 Å². The zero-order chi connectivity index (χ0) is 17.2. The van der Waals surface area contributed by atoms with Crippen molar-refractivity contribution in [2.75, 3.05) is 18.0 Å². The number of β-amino-alcohol motifs (C(OH)–C–C–N with tert-alkyl or cyclic N) is 1. The molecule has 1 aromatic carbocycles. The van der Waals surface area contributed by atoms with Crippen LogP contribution in [-0.4, -0.2) is 34.3 Å². The number of hydrogen-bond donors (Lipinski definition) is 1. The number of aromatic nitrogens is 2. The summed E-state index contributed by atoms with van der Waals surface area (Å²) in [6, 6.07) is 10.8. The normalized spacial score (nSPS) is 21.2. The molecule has 0 unspecified atom stereocenters. The predicted molar refractivity (Wildman–Crippen MR) is 83.6 cm³/mol. The monoisotopic (exact) mass is 337 g/mol.